The van der Waals surface area contributed by atoms with Gasteiger partial charge in [-0.3, -0.25) is 0 Å². The van der Waals surface area contributed by atoms with Crippen molar-refractivity contribution in [3.05, 3.63) is 70.7 Å². The summed E-state index contributed by atoms with van der Waals surface area (Å²) >= 11 is 5.70. The molecule has 140 valence electrons. The van der Waals surface area contributed by atoms with Crippen LogP contribution in [0.1, 0.15) is 20.7 Å². The molecule has 8 nitrogen and oxygen atoms in total. The van der Waals surface area contributed by atoms with Crippen LogP contribution in [-0.4, -0.2) is 46.3 Å². The molecule has 0 heterocycles. The molecule has 0 fully saturated rings. The Balaban J connectivity index is 2.21. The monoisotopic (exact) mass is 392 g/mol. The molecular weight excluding hydrogens is 380 g/mol. The topological polar surface area (TPSA) is 127 Å². The van der Waals surface area contributed by atoms with Gasteiger partial charge in [0.2, 0.25) is 12.2 Å². The maximum absolute atomic E-state index is 12.1. The van der Waals surface area contributed by atoms with Crippen molar-refractivity contribution in [3.63, 3.8) is 0 Å². The van der Waals surface area contributed by atoms with Gasteiger partial charge in [-0.05, 0) is 36.4 Å². The summed E-state index contributed by atoms with van der Waals surface area (Å²) in [5.74, 6) is -5.75. The van der Waals surface area contributed by atoms with Crippen LogP contribution in [0.15, 0.2) is 54.6 Å². The van der Waals surface area contributed by atoms with E-state index in [1.54, 1.807) is 6.07 Å². The number of carboxylic acid groups (broad SMARTS) is 2. The number of rotatable bonds is 7. The summed E-state index contributed by atoms with van der Waals surface area (Å²) in [7, 11) is 0. The zero-order valence-electron chi connectivity index (χ0n) is 13.6. The average Bonchev–Trinajstić information content (AvgIpc) is 2.65. The highest BCUT2D eigenvalue weighted by atomic mass is 35.5. The van der Waals surface area contributed by atoms with Gasteiger partial charge >= 0.3 is 23.9 Å². The van der Waals surface area contributed by atoms with Crippen LogP contribution in [-0.2, 0) is 19.1 Å². The molecule has 0 unspecified atom stereocenters. The molecule has 0 saturated heterocycles. The zero-order valence-corrected chi connectivity index (χ0v) is 14.3. The number of halogens is 1. The Hall–Kier alpha value is -3.39. The van der Waals surface area contributed by atoms with E-state index in [2.05, 4.69) is 0 Å². The van der Waals surface area contributed by atoms with E-state index in [1.807, 2.05) is 0 Å². The molecule has 2 N–H and O–H groups in total. The standard InChI is InChI=1S/C18H13ClO8/c19-12-8-6-11(7-9-12)18(25)27-14(16(22)23)13(15(20)21)26-17(24)10-4-2-1-3-5-10/h1-9,13-14H,(H,20,21)(H,22,23)/t13-,14-/m1/s1. The molecule has 0 aliphatic rings. The fourth-order valence-corrected chi connectivity index (χ4v) is 2.14. The average molecular weight is 393 g/mol. The quantitative estimate of drug-likeness (QED) is 0.687. The summed E-state index contributed by atoms with van der Waals surface area (Å²) in [6.45, 7) is 0. The second-order valence-electron chi connectivity index (χ2n) is 5.20. The molecule has 2 atom stereocenters. The number of carboxylic acids is 2. The molecule has 0 aliphatic heterocycles. The summed E-state index contributed by atoms with van der Waals surface area (Å²) in [5, 5.41) is 18.9. The molecule has 0 radical (unpaired) electrons. The van der Waals surface area contributed by atoms with E-state index in [9.17, 15) is 29.4 Å². The molecule has 2 aromatic rings. The number of ether oxygens (including phenoxy) is 2. The molecule has 27 heavy (non-hydrogen) atoms. The second kappa shape index (κ2) is 8.81. The highest BCUT2D eigenvalue weighted by molar-refractivity contribution is 6.30. The van der Waals surface area contributed by atoms with Gasteiger partial charge < -0.3 is 19.7 Å². The molecule has 0 amide bonds. The van der Waals surface area contributed by atoms with Crippen molar-refractivity contribution < 1.29 is 38.9 Å². The Morgan fingerprint density at radius 2 is 1.11 bits per heavy atom. The lowest BCUT2D eigenvalue weighted by molar-refractivity contribution is -0.166. The summed E-state index contributed by atoms with van der Waals surface area (Å²) in [4.78, 5) is 47.0. The van der Waals surface area contributed by atoms with Crippen molar-refractivity contribution in [2.24, 2.45) is 0 Å². The normalized spacial score (nSPS) is 12.5. The van der Waals surface area contributed by atoms with Crippen molar-refractivity contribution in [2.75, 3.05) is 0 Å². The third-order valence-corrected chi connectivity index (χ3v) is 3.57. The van der Waals surface area contributed by atoms with E-state index in [-0.39, 0.29) is 11.1 Å². The van der Waals surface area contributed by atoms with Gasteiger partial charge in [0.25, 0.3) is 0 Å². The Morgan fingerprint density at radius 1 is 0.704 bits per heavy atom. The number of hydrogen-bond donors (Lipinski definition) is 2. The van der Waals surface area contributed by atoms with E-state index in [0.29, 0.717) is 5.02 Å². The summed E-state index contributed by atoms with van der Waals surface area (Å²) in [6.07, 6.45) is -4.50. The Labute approximate surface area is 157 Å². The van der Waals surface area contributed by atoms with Crippen LogP contribution >= 0.6 is 11.6 Å². The van der Waals surface area contributed by atoms with Crippen molar-refractivity contribution >= 4 is 35.5 Å². The molecule has 9 heteroatoms. The molecule has 0 bridgehead atoms. The molecular formula is C18H13ClO8. The highest BCUT2D eigenvalue weighted by Gasteiger charge is 2.41. The zero-order chi connectivity index (χ0) is 20.0. The van der Waals surface area contributed by atoms with Crippen LogP contribution in [0.5, 0.6) is 0 Å². The van der Waals surface area contributed by atoms with Crippen molar-refractivity contribution in [2.45, 2.75) is 12.2 Å². The Kier molecular flexibility index (Phi) is 6.51. The maximum Gasteiger partial charge on any atom is 0.349 e. The number of benzene rings is 2. The Bertz CT molecular complexity index is 847. The van der Waals surface area contributed by atoms with Crippen LogP contribution in [0.2, 0.25) is 5.02 Å². The molecule has 2 rings (SSSR count). The summed E-state index contributed by atoms with van der Waals surface area (Å²) < 4.78 is 9.52. The Morgan fingerprint density at radius 3 is 1.52 bits per heavy atom. The van der Waals surface area contributed by atoms with E-state index < -0.39 is 36.1 Å². The van der Waals surface area contributed by atoms with Gasteiger partial charge in [0.1, 0.15) is 0 Å². The fourth-order valence-electron chi connectivity index (χ4n) is 2.01. The van der Waals surface area contributed by atoms with E-state index >= 15 is 0 Å². The van der Waals surface area contributed by atoms with Crippen LogP contribution in [0, 0.1) is 0 Å². The van der Waals surface area contributed by atoms with E-state index in [4.69, 9.17) is 21.1 Å². The van der Waals surface area contributed by atoms with Crippen LogP contribution in [0.25, 0.3) is 0 Å². The highest BCUT2D eigenvalue weighted by Crippen LogP contribution is 2.15. The second-order valence-corrected chi connectivity index (χ2v) is 5.64. The molecule has 0 aliphatic carbocycles. The lowest BCUT2D eigenvalue weighted by Gasteiger charge is -2.21. The molecule has 0 saturated carbocycles. The van der Waals surface area contributed by atoms with Crippen molar-refractivity contribution in [1.82, 2.24) is 0 Å². The van der Waals surface area contributed by atoms with Gasteiger partial charge in [0.05, 0.1) is 11.1 Å². The van der Waals surface area contributed by atoms with Gasteiger partial charge in [-0.25, -0.2) is 19.2 Å². The minimum atomic E-state index is -2.25. The van der Waals surface area contributed by atoms with Crippen LogP contribution < -0.4 is 0 Å². The first-order valence-corrected chi connectivity index (χ1v) is 7.85. The largest absolute Gasteiger partial charge is 0.478 e. The van der Waals surface area contributed by atoms with Crippen LogP contribution in [0.3, 0.4) is 0 Å². The predicted molar refractivity (Wildman–Crippen MR) is 91.6 cm³/mol. The number of hydrogen-bond acceptors (Lipinski definition) is 6. The maximum atomic E-state index is 12.1. The summed E-state index contributed by atoms with van der Waals surface area (Å²) in [6, 6.07) is 12.7. The fraction of sp³-hybridized carbons (Fsp3) is 0.111. The van der Waals surface area contributed by atoms with Gasteiger partial charge in [-0.1, -0.05) is 29.8 Å². The SMILES string of the molecule is O=C(O[C@@H](C(=O)O)[C@@H](OC(=O)c1ccc(Cl)cc1)C(=O)O)c1ccccc1. The minimum absolute atomic E-state index is 0.0110. The third-order valence-electron chi connectivity index (χ3n) is 3.32. The lowest BCUT2D eigenvalue weighted by atomic mass is 10.1. The number of esters is 2. The van der Waals surface area contributed by atoms with Gasteiger partial charge in [-0.15, -0.1) is 0 Å². The third kappa shape index (κ3) is 5.29. The number of aliphatic carboxylic acids is 2. The van der Waals surface area contributed by atoms with Gasteiger partial charge in [-0.2, -0.15) is 0 Å². The predicted octanol–water partition coefficient (Wildman–Crippen LogP) is 2.26. The summed E-state index contributed by atoms with van der Waals surface area (Å²) in [5.41, 5.74) is -0.0407. The minimum Gasteiger partial charge on any atom is -0.478 e. The van der Waals surface area contributed by atoms with Gasteiger partial charge in [0.15, 0.2) is 0 Å². The van der Waals surface area contributed by atoms with Gasteiger partial charge in [0, 0.05) is 5.02 Å². The van der Waals surface area contributed by atoms with E-state index in [0.717, 1.165) is 0 Å². The molecule has 0 spiro atoms. The lowest BCUT2D eigenvalue weighted by Crippen LogP contribution is -2.45. The first-order chi connectivity index (χ1) is 12.8. The first-order valence-electron chi connectivity index (χ1n) is 7.48. The first kappa shape index (κ1) is 19.9. The molecule has 0 aromatic heterocycles. The van der Waals surface area contributed by atoms with Crippen molar-refractivity contribution in [1.29, 1.82) is 0 Å². The smallest absolute Gasteiger partial charge is 0.349 e. The molecule has 2 aromatic carbocycles. The van der Waals surface area contributed by atoms with Crippen molar-refractivity contribution in [3.8, 4) is 0 Å². The number of carbonyl (C=O) groups excluding carboxylic acids is 2. The number of carbonyl (C=O) groups is 4. The van der Waals surface area contributed by atoms with E-state index in [1.165, 1.54) is 48.5 Å². The van der Waals surface area contributed by atoms with Crippen LogP contribution in [0.4, 0.5) is 0 Å².